The Morgan fingerprint density at radius 3 is 2.03 bits per heavy atom. The second-order valence-electron chi connectivity index (χ2n) is 9.48. The molecule has 0 aromatic heterocycles. The van der Waals surface area contributed by atoms with Crippen LogP contribution < -0.4 is 14.2 Å². The number of rotatable bonds is 9. The molecule has 3 aromatic carbocycles. The molecule has 0 saturated carbocycles. The van der Waals surface area contributed by atoms with Crippen molar-refractivity contribution in [3.63, 3.8) is 0 Å². The molecule has 1 aliphatic heterocycles. The molecular formula is C31H33NO6. The zero-order valence-electron chi connectivity index (χ0n) is 22.4. The number of carbonyl (C=O) groups excluding carboxylic acids is 2. The van der Waals surface area contributed by atoms with Crippen molar-refractivity contribution in [3.05, 3.63) is 94.6 Å². The molecule has 198 valence electrons. The topological polar surface area (TPSA) is 85.3 Å². The molecule has 7 nitrogen and oxygen atoms in total. The Bertz CT molecular complexity index is 1340. The summed E-state index contributed by atoms with van der Waals surface area (Å²) in [6, 6.07) is 19.3. The third kappa shape index (κ3) is 5.23. The number of hydrogen-bond donors (Lipinski definition) is 1. The van der Waals surface area contributed by atoms with Crippen LogP contribution in [-0.4, -0.2) is 49.6 Å². The van der Waals surface area contributed by atoms with Crippen molar-refractivity contribution < 1.29 is 28.9 Å². The van der Waals surface area contributed by atoms with E-state index in [4.69, 9.17) is 14.2 Å². The monoisotopic (exact) mass is 515 g/mol. The van der Waals surface area contributed by atoms with Gasteiger partial charge in [0.2, 0.25) is 0 Å². The van der Waals surface area contributed by atoms with Crippen molar-refractivity contribution in [3.8, 4) is 17.2 Å². The van der Waals surface area contributed by atoms with E-state index in [1.165, 1.54) is 4.90 Å². The Hall–Kier alpha value is -4.26. The fourth-order valence-electron chi connectivity index (χ4n) is 4.77. The number of methoxy groups -OCH3 is 3. The number of hydrogen-bond acceptors (Lipinski definition) is 6. The van der Waals surface area contributed by atoms with Gasteiger partial charge in [0, 0.05) is 12.1 Å². The summed E-state index contributed by atoms with van der Waals surface area (Å²) in [4.78, 5) is 28.3. The first-order valence-electron chi connectivity index (χ1n) is 12.5. The Morgan fingerprint density at radius 2 is 1.47 bits per heavy atom. The first-order valence-corrected chi connectivity index (χ1v) is 12.5. The Kier molecular flexibility index (Phi) is 8.05. The van der Waals surface area contributed by atoms with Crippen molar-refractivity contribution in [1.82, 2.24) is 4.90 Å². The van der Waals surface area contributed by atoms with Gasteiger partial charge in [-0.3, -0.25) is 9.59 Å². The average Bonchev–Trinajstić information content (AvgIpc) is 3.20. The maximum absolute atomic E-state index is 13.4. The number of ketones is 1. The van der Waals surface area contributed by atoms with Crippen LogP contribution in [0.5, 0.6) is 17.2 Å². The summed E-state index contributed by atoms with van der Waals surface area (Å²) in [7, 11) is 4.78. The molecule has 1 saturated heterocycles. The molecule has 1 aliphatic rings. The lowest BCUT2D eigenvalue weighted by atomic mass is 9.93. The van der Waals surface area contributed by atoms with Gasteiger partial charge in [0.25, 0.3) is 11.7 Å². The fourth-order valence-corrected chi connectivity index (χ4v) is 4.77. The van der Waals surface area contributed by atoms with Gasteiger partial charge in [-0.05, 0) is 71.5 Å². The molecule has 1 atom stereocenters. The van der Waals surface area contributed by atoms with E-state index in [0.717, 1.165) is 16.9 Å². The van der Waals surface area contributed by atoms with Crippen LogP contribution in [0.3, 0.4) is 0 Å². The van der Waals surface area contributed by atoms with E-state index in [1.807, 2.05) is 56.3 Å². The molecule has 1 fully saturated rings. The predicted octanol–water partition coefficient (Wildman–Crippen LogP) is 5.50. The zero-order chi connectivity index (χ0) is 27.4. The largest absolute Gasteiger partial charge is 0.507 e. The number of benzene rings is 3. The molecule has 1 heterocycles. The molecule has 1 unspecified atom stereocenters. The van der Waals surface area contributed by atoms with Crippen LogP contribution in [0, 0.1) is 0 Å². The molecule has 0 aliphatic carbocycles. The number of amides is 1. The van der Waals surface area contributed by atoms with Gasteiger partial charge < -0.3 is 24.2 Å². The van der Waals surface area contributed by atoms with Crippen LogP contribution in [0.25, 0.3) is 5.76 Å². The van der Waals surface area contributed by atoms with Gasteiger partial charge in [0.05, 0.1) is 32.9 Å². The first kappa shape index (κ1) is 26.8. The van der Waals surface area contributed by atoms with Crippen molar-refractivity contribution in [2.45, 2.75) is 32.2 Å². The minimum Gasteiger partial charge on any atom is -0.507 e. The maximum Gasteiger partial charge on any atom is 0.295 e. The number of carbonyl (C=O) groups is 2. The number of Topliss-reactive ketones (excluding diaryl/α,β-unsaturated/α-hetero) is 1. The van der Waals surface area contributed by atoms with E-state index in [2.05, 4.69) is 0 Å². The Labute approximate surface area is 223 Å². The zero-order valence-corrected chi connectivity index (χ0v) is 22.4. The van der Waals surface area contributed by atoms with E-state index in [1.54, 1.807) is 45.6 Å². The van der Waals surface area contributed by atoms with Crippen LogP contribution in [0.1, 0.15) is 48.1 Å². The van der Waals surface area contributed by atoms with Crippen molar-refractivity contribution in [2.75, 3.05) is 27.9 Å². The number of aliphatic hydroxyl groups is 1. The predicted molar refractivity (Wildman–Crippen MR) is 146 cm³/mol. The lowest BCUT2D eigenvalue weighted by Crippen LogP contribution is -2.31. The standard InChI is InChI=1S/C31H33NO6/c1-19(2)25-18-22(10-15-26(25)38-5)29(33)27-28(21-8-13-24(37-4)14-9-21)32(31(35)30(27)34)17-16-20-6-11-23(36-3)12-7-20/h6-15,18-19,28,33H,16-17H2,1-5H3/b29-27-. The summed E-state index contributed by atoms with van der Waals surface area (Å²) in [6.07, 6.45) is 0.531. The van der Waals surface area contributed by atoms with Gasteiger partial charge in [-0.25, -0.2) is 0 Å². The summed E-state index contributed by atoms with van der Waals surface area (Å²) in [5, 5.41) is 11.5. The summed E-state index contributed by atoms with van der Waals surface area (Å²) >= 11 is 0. The van der Waals surface area contributed by atoms with E-state index < -0.39 is 17.7 Å². The Morgan fingerprint density at radius 1 is 0.868 bits per heavy atom. The third-order valence-corrected chi connectivity index (χ3v) is 6.90. The molecule has 3 aromatic rings. The summed E-state index contributed by atoms with van der Waals surface area (Å²) in [5.74, 6) is 0.664. The minimum absolute atomic E-state index is 0.0646. The fraction of sp³-hybridized carbons (Fsp3) is 0.290. The van der Waals surface area contributed by atoms with Gasteiger partial charge in [-0.1, -0.05) is 38.1 Å². The summed E-state index contributed by atoms with van der Waals surface area (Å²) in [5.41, 5.74) is 3.12. The Balaban J connectivity index is 1.78. The van der Waals surface area contributed by atoms with E-state index in [-0.39, 0.29) is 17.3 Å². The van der Waals surface area contributed by atoms with Gasteiger partial charge in [-0.2, -0.15) is 0 Å². The summed E-state index contributed by atoms with van der Waals surface area (Å²) in [6.45, 7) is 4.35. The second-order valence-corrected chi connectivity index (χ2v) is 9.48. The van der Waals surface area contributed by atoms with Crippen LogP contribution in [-0.2, 0) is 16.0 Å². The SMILES string of the molecule is COc1ccc(CCN2C(=O)C(=O)/C(=C(\O)c3ccc(OC)c(C(C)C)c3)C2c2ccc(OC)cc2)cc1. The van der Waals surface area contributed by atoms with Gasteiger partial charge in [0.1, 0.15) is 23.0 Å². The first-order chi connectivity index (χ1) is 18.3. The average molecular weight is 516 g/mol. The van der Waals surface area contributed by atoms with Crippen LogP contribution in [0.4, 0.5) is 0 Å². The molecule has 1 amide bonds. The van der Waals surface area contributed by atoms with Gasteiger partial charge in [-0.15, -0.1) is 0 Å². The minimum atomic E-state index is -0.747. The van der Waals surface area contributed by atoms with Crippen molar-refractivity contribution >= 4 is 17.4 Å². The maximum atomic E-state index is 13.4. The lowest BCUT2D eigenvalue weighted by Gasteiger charge is -2.25. The van der Waals surface area contributed by atoms with Gasteiger partial charge >= 0.3 is 0 Å². The molecule has 4 rings (SSSR count). The van der Waals surface area contributed by atoms with Crippen LogP contribution in [0.2, 0.25) is 0 Å². The van der Waals surface area contributed by atoms with E-state index in [9.17, 15) is 14.7 Å². The normalized spacial score (nSPS) is 16.7. The number of ether oxygens (including phenoxy) is 3. The molecule has 38 heavy (non-hydrogen) atoms. The number of likely N-dealkylation sites (tertiary alicyclic amines) is 1. The van der Waals surface area contributed by atoms with E-state index >= 15 is 0 Å². The van der Waals surface area contributed by atoms with E-state index in [0.29, 0.717) is 35.6 Å². The highest BCUT2D eigenvalue weighted by atomic mass is 16.5. The number of nitrogens with zero attached hydrogens (tertiary/aromatic N) is 1. The molecule has 1 N–H and O–H groups in total. The highest BCUT2D eigenvalue weighted by molar-refractivity contribution is 6.46. The molecular weight excluding hydrogens is 482 g/mol. The molecule has 0 spiro atoms. The second kappa shape index (κ2) is 11.4. The highest BCUT2D eigenvalue weighted by Gasteiger charge is 2.45. The lowest BCUT2D eigenvalue weighted by molar-refractivity contribution is -0.139. The number of aliphatic hydroxyl groups excluding tert-OH is 1. The van der Waals surface area contributed by atoms with Crippen LogP contribution in [0.15, 0.2) is 72.3 Å². The highest BCUT2D eigenvalue weighted by Crippen LogP contribution is 2.41. The third-order valence-electron chi connectivity index (χ3n) is 6.90. The molecule has 0 bridgehead atoms. The van der Waals surface area contributed by atoms with Crippen LogP contribution >= 0.6 is 0 Å². The quantitative estimate of drug-likeness (QED) is 0.230. The van der Waals surface area contributed by atoms with Gasteiger partial charge in [0.15, 0.2) is 0 Å². The van der Waals surface area contributed by atoms with Crippen molar-refractivity contribution in [1.29, 1.82) is 0 Å². The summed E-state index contributed by atoms with van der Waals surface area (Å²) < 4.78 is 16.0. The van der Waals surface area contributed by atoms with Crippen molar-refractivity contribution in [2.24, 2.45) is 0 Å². The smallest absolute Gasteiger partial charge is 0.295 e. The molecule has 7 heteroatoms. The molecule has 0 radical (unpaired) electrons.